The molecule has 0 unspecified atom stereocenters. The fraction of sp³-hybridized carbons (Fsp3) is 0.500. The fourth-order valence-corrected chi connectivity index (χ4v) is 5.66. The molecule has 2 aromatic rings. The van der Waals surface area contributed by atoms with Gasteiger partial charge >= 0.3 is 0 Å². The molecule has 2 N–H and O–H groups in total. The molecule has 170 valence electrons. The predicted molar refractivity (Wildman–Crippen MR) is 129 cm³/mol. The second-order valence-electron chi connectivity index (χ2n) is 9.86. The molecule has 1 saturated heterocycles. The number of amides is 2. The number of benzene rings is 2. The second kappa shape index (κ2) is 9.89. The maximum atomic E-state index is 12.8. The minimum atomic E-state index is -0.596. The zero-order chi connectivity index (χ0) is 22.6. The van der Waals surface area contributed by atoms with Gasteiger partial charge < -0.3 is 10.6 Å². The lowest BCUT2D eigenvalue weighted by molar-refractivity contribution is -0.139. The Morgan fingerprint density at radius 3 is 2.25 bits per heavy atom. The van der Waals surface area contributed by atoms with Crippen molar-refractivity contribution in [2.24, 2.45) is 17.1 Å². The van der Waals surface area contributed by atoms with Crippen molar-refractivity contribution >= 4 is 11.8 Å². The molecule has 4 rings (SSSR count). The van der Waals surface area contributed by atoms with Gasteiger partial charge in [0.25, 0.3) is 0 Å². The number of likely N-dealkylation sites (tertiary alicyclic amines) is 1. The smallest absolute Gasteiger partial charge is 0.224 e. The molecule has 0 bridgehead atoms. The molecule has 4 nitrogen and oxygen atoms in total. The van der Waals surface area contributed by atoms with Crippen molar-refractivity contribution in [2.75, 3.05) is 13.1 Å². The van der Waals surface area contributed by atoms with Gasteiger partial charge in [0.15, 0.2) is 0 Å². The highest BCUT2D eigenvalue weighted by molar-refractivity contribution is 5.83. The number of hydrogen-bond acceptors (Lipinski definition) is 2. The summed E-state index contributed by atoms with van der Waals surface area (Å²) in [5.41, 5.74) is 10.1. The molecule has 0 spiro atoms. The van der Waals surface area contributed by atoms with Crippen LogP contribution in [-0.2, 0) is 16.0 Å². The van der Waals surface area contributed by atoms with Gasteiger partial charge in [-0.25, -0.2) is 0 Å². The SMILES string of the molecule is Cc1ccccc1-c1ccccc1CC1(C(N)=O)CCN(C(=O)CCC2CCCC2)CC1. The summed E-state index contributed by atoms with van der Waals surface area (Å²) in [6.07, 6.45) is 8.73. The average Bonchev–Trinajstić information content (AvgIpc) is 3.32. The van der Waals surface area contributed by atoms with E-state index in [1.54, 1.807) is 0 Å². The predicted octanol–water partition coefficient (Wildman–Crippen LogP) is 5.27. The molecule has 32 heavy (non-hydrogen) atoms. The van der Waals surface area contributed by atoms with E-state index in [1.165, 1.54) is 42.4 Å². The maximum Gasteiger partial charge on any atom is 0.224 e. The number of aryl methyl sites for hydroxylation is 1. The number of carbonyl (C=O) groups is 2. The van der Waals surface area contributed by atoms with E-state index in [4.69, 9.17) is 5.73 Å². The largest absolute Gasteiger partial charge is 0.369 e. The Morgan fingerprint density at radius 2 is 1.59 bits per heavy atom. The van der Waals surface area contributed by atoms with Crippen molar-refractivity contribution in [1.29, 1.82) is 0 Å². The maximum absolute atomic E-state index is 12.8. The van der Waals surface area contributed by atoms with Gasteiger partial charge in [-0.1, -0.05) is 74.2 Å². The highest BCUT2D eigenvalue weighted by Gasteiger charge is 2.41. The molecule has 2 fully saturated rings. The third-order valence-corrected chi connectivity index (χ3v) is 7.82. The Bertz CT molecular complexity index is 953. The molecule has 2 aliphatic rings. The van der Waals surface area contributed by atoms with Crippen LogP contribution in [0.1, 0.15) is 62.5 Å². The van der Waals surface area contributed by atoms with Gasteiger partial charge in [0.1, 0.15) is 0 Å². The van der Waals surface area contributed by atoms with Crippen LogP contribution in [0.3, 0.4) is 0 Å². The first-order valence-corrected chi connectivity index (χ1v) is 12.2. The van der Waals surface area contributed by atoms with Crippen LogP contribution in [-0.4, -0.2) is 29.8 Å². The van der Waals surface area contributed by atoms with Gasteiger partial charge in [0, 0.05) is 19.5 Å². The topological polar surface area (TPSA) is 63.4 Å². The van der Waals surface area contributed by atoms with Crippen LogP contribution in [0.15, 0.2) is 48.5 Å². The van der Waals surface area contributed by atoms with E-state index in [0.717, 1.165) is 17.9 Å². The van der Waals surface area contributed by atoms with Gasteiger partial charge in [0.05, 0.1) is 5.41 Å². The Balaban J connectivity index is 1.46. The molecule has 1 heterocycles. The van der Waals surface area contributed by atoms with E-state index in [0.29, 0.717) is 38.8 Å². The number of nitrogens with zero attached hydrogens (tertiary/aromatic N) is 1. The van der Waals surface area contributed by atoms with Crippen molar-refractivity contribution in [2.45, 2.75) is 64.7 Å². The quantitative estimate of drug-likeness (QED) is 0.648. The minimum Gasteiger partial charge on any atom is -0.369 e. The van der Waals surface area contributed by atoms with Crippen LogP contribution in [0, 0.1) is 18.3 Å². The van der Waals surface area contributed by atoms with E-state index >= 15 is 0 Å². The fourth-order valence-electron chi connectivity index (χ4n) is 5.66. The Labute approximate surface area is 192 Å². The molecule has 0 radical (unpaired) electrons. The third-order valence-electron chi connectivity index (χ3n) is 7.82. The first kappa shape index (κ1) is 22.6. The Kier molecular flexibility index (Phi) is 6.98. The molecule has 0 atom stereocenters. The summed E-state index contributed by atoms with van der Waals surface area (Å²) in [6.45, 7) is 3.36. The molecule has 2 amide bonds. The van der Waals surface area contributed by atoms with Crippen molar-refractivity contribution in [3.05, 3.63) is 59.7 Å². The van der Waals surface area contributed by atoms with Crippen LogP contribution in [0.2, 0.25) is 0 Å². The molecule has 1 aliphatic heterocycles. The standard InChI is InChI=1S/C28H36N2O2/c1-21-8-2-6-12-24(21)25-13-7-5-11-23(25)20-28(27(29)32)16-18-30(19-17-28)26(31)15-14-22-9-3-4-10-22/h2,5-8,11-13,22H,3-4,9-10,14-20H2,1H3,(H2,29,32). The van der Waals surface area contributed by atoms with Crippen molar-refractivity contribution < 1.29 is 9.59 Å². The highest BCUT2D eigenvalue weighted by atomic mass is 16.2. The second-order valence-corrected chi connectivity index (χ2v) is 9.86. The van der Waals surface area contributed by atoms with Crippen molar-refractivity contribution in [1.82, 2.24) is 4.90 Å². The van der Waals surface area contributed by atoms with E-state index in [1.807, 2.05) is 23.1 Å². The molecule has 2 aromatic carbocycles. The first-order valence-electron chi connectivity index (χ1n) is 12.2. The number of nitrogens with two attached hydrogens (primary N) is 1. The lowest BCUT2D eigenvalue weighted by Crippen LogP contribution is -2.50. The van der Waals surface area contributed by atoms with E-state index < -0.39 is 5.41 Å². The zero-order valence-corrected chi connectivity index (χ0v) is 19.3. The van der Waals surface area contributed by atoms with Gasteiger partial charge in [0.2, 0.25) is 11.8 Å². The van der Waals surface area contributed by atoms with Gasteiger partial charge in [-0.2, -0.15) is 0 Å². The molecule has 1 saturated carbocycles. The highest BCUT2D eigenvalue weighted by Crippen LogP contribution is 2.39. The summed E-state index contributed by atoms with van der Waals surface area (Å²) in [7, 11) is 0. The van der Waals surface area contributed by atoms with Crippen LogP contribution >= 0.6 is 0 Å². The summed E-state index contributed by atoms with van der Waals surface area (Å²) in [5, 5.41) is 0. The lowest BCUT2D eigenvalue weighted by Gasteiger charge is -2.40. The summed E-state index contributed by atoms with van der Waals surface area (Å²) in [5.74, 6) is 0.733. The molecule has 1 aliphatic carbocycles. The van der Waals surface area contributed by atoms with Crippen LogP contribution in [0.5, 0.6) is 0 Å². The third kappa shape index (κ3) is 4.90. The minimum absolute atomic E-state index is 0.241. The number of primary amides is 1. The summed E-state index contributed by atoms with van der Waals surface area (Å²) >= 11 is 0. The molecule has 4 heteroatoms. The molecule has 0 aromatic heterocycles. The number of hydrogen-bond donors (Lipinski definition) is 1. The van der Waals surface area contributed by atoms with Crippen molar-refractivity contribution in [3.63, 3.8) is 0 Å². The number of rotatable bonds is 7. The van der Waals surface area contributed by atoms with Gasteiger partial charge in [-0.05, 0) is 60.8 Å². The summed E-state index contributed by atoms with van der Waals surface area (Å²) < 4.78 is 0. The van der Waals surface area contributed by atoms with E-state index in [9.17, 15) is 9.59 Å². The van der Waals surface area contributed by atoms with Crippen molar-refractivity contribution in [3.8, 4) is 11.1 Å². The number of carbonyl (C=O) groups excluding carboxylic acids is 2. The molecular formula is C28H36N2O2. The Hall–Kier alpha value is -2.62. The van der Waals surface area contributed by atoms with Gasteiger partial charge in [-0.15, -0.1) is 0 Å². The van der Waals surface area contributed by atoms with Crippen LogP contribution in [0.4, 0.5) is 0 Å². The number of piperidine rings is 1. The Morgan fingerprint density at radius 1 is 0.969 bits per heavy atom. The zero-order valence-electron chi connectivity index (χ0n) is 19.3. The average molecular weight is 433 g/mol. The first-order chi connectivity index (χ1) is 15.5. The van der Waals surface area contributed by atoms with E-state index in [2.05, 4.69) is 37.3 Å². The van der Waals surface area contributed by atoms with Crippen LogP contribution in [0.25, 0.3) is 11.1 Å². The monoisotopic (exact) mass is 432 g/mol. The normalized spacial score (nSPS) is 18.6. The molecular weight excluding hydrogens is 396 g/mol. The van der Waals surface area contributed by atoms with Crippen LogP contribution < -0.4 is 5.73 Å². The summed E-state index contributed by atoms with van der Waals surface area (Å²) in [4.78, 5) is 27.4. The lowest BCUT2D eigenvalue weighted by atomic mass is 9.72. The van der Waals surface area contributed by atoms with E-state index in [-0.39, 0.29) is 11.8 Å². The van der Waals surface area contributed by atoms with Gasteiger partial charge in [-0.3, -0.25) is 9.59 Å². The summed E-state index contributed by atoms with van der Waals surface area (Å²) in [6, 6.07) is 16.7.